The van der Waals surface area contributed by atoms with Gasteiger partial charge in [0.15, 0.2) is 5.78 Å². The maximum atomic E-state index is 12.3. The number of benzene rings is 1. The van der Waals surface area contributed by atoms with Gasteiger partial charge >= 0.3 is 0 Å². The molecule has 0 saturated carbocycles. The highest BCUT2D eigenvalue weighted by molar-refractivity contribution is 6.10. The molecule has 17 heavy (non-hydrogen) atoms. The first-order valence-electron chi connectivity index (χ1n) is 5.83. The fourth-order valence-corrected chi connectivity index (χ4v) is 1.90. The molecule has 2 rings (SSSR count). The van der Waals surface area contributed by atoms with E-state index in [1.165, 1.54) is 0 Å². The van der Waals surface area contributed by atoms with Gasteiger partial charge in [-0.25, -0.2) is 0 Å². The number of carbonyl (C=O) groups excluding carboxylic acids is 1. The summed E-state index contributed by atoms with van der Waals surface area (Å²) in [5, 5.41) is 0. The number of hydrogen-bond acceptors (Lipinski definition) is 1. The fraction of sp³-hybridized carbons (Fsp3) is 0.188. The minimum Gasteiger partial charge on any atom is -0.289 e. The highest BCUT2D eigenvalue weighted by Gasteiger charge is 2.10. The minimum absolute atomic E-state index is 0.0969. The second kappa shape index (κ2) is 4.96. The summed E-state index contributed by atoms with van der Waals surface area (Å²) in [5.74, 6) is 0.0969. The molecule has 0 spiro atoms. The Morgan fingerprint density at radius 1 is 1.24 bits per heavy atom. The van der Waals surface area contributed by atoms with Crippen LogP contribution in [0.1, 0.15) is 29.3 Å². The SMILES string of the molecule is CC1=CCC=CC(C(=O)c2cccc(C)c2)=C1. The van der Waals surface area contributed by atoms with Crippen LogP contribution in [0.4, 0.5) is 0 Å². The molecule has 1 aromatic rings. The number of allylic oxidation sites excluding steroid dienone is 6. The molecule has 0 amide bonds. The van der Waals surface area contributed by atoms with Crippen molar-refractivity contribution in [1.29, 1.82) is 0 Å². The van der Waals surface area contributed by atoms with Gasteiger partial charge in [-0.05, 0) is 32.4 Å². The molecule has 1 aliphatic rings. The van der Waals surface area contributed by atoms with Crippen molar-refractivity contribution in [2.45, 2.75) is 20.3 Å². The Hall–Kier alpha value is -1.89. The maximum absolute atomic E-state index is 12.3. The quantitative estimate of drug-likeness (QED) is 0.694. The van der Waals surface area contributed by atoms with E-state index in [4.69, 9.17) is 0 Å². The molecule has 0 radical (unpaired) electrons. The van der Waals surface area contributed by atoms with E-state index in [0.29, 0.717) is 0 Å². The molecule has 1 nitrogen and oxygen atoms in total. The highest BCUT2D eigenvalue weighted by Crippen LogP contribution is 2.16. The largest absolute Gasteiger partial charge is 0.289 e. The Morgan fingerprint density at radius 3 is 2.82 bits per heavy atom. The van der Waals surface area contributed by atoms with E-state index in [1.54, 1.807) is 0 Å². The lowest BCUT2D eigenvalue weighted by Crippen LogP contribution is -2.01. The lowest BCUT2D eigenvalue weighted by Gasteiger charge is -2.03. The number of ketones is 1. The standard InChI is InChI=1S/C16H16O/c1-12-6-3-4-8-14(10-12)16(17)15-9-5-7-13(2)11-15/h4-11H,3H2,1-2H3. The molecule has 0 aromatic heterocycles. The van der Waals surface area contributed by atoms with Crippen LogP contribution in [0.2, 0.25) is 0 Å². The summed E-state index contributed by atoms with van der Waals surface area (Å²) in [6.45, 7) is 4.02. The normalized spacial score (nSPS) is 14.9. The summed E-state index contributed by atoms with van der Waals surface area (Å²) in [7, 11) is 0. The predicted octanol–water partition coefficient (Wildman–Crippen LogP) is 4.01. The first-order valence-corrected chi connectivity index (χ1v) is 5.83. The second-order valence-corrected chi connectivity index (χ2v) is 4.38. The van der Waals surface area contributed by atoms with E-state index in [0.717, 1.165) is 28.7 Å². The third-order valence-electron chi connectivity index (χ3n) is 2.80. The Kier molecular flexibility index (Phi) is 3.38. The predicted molar refractivity (Wildman–Crippen MR) is 71.1 cm³/mol. The lowest BCUT2D eigenvalue weighted by atomic mass is 10.0. The van der Waals surface area contributed by atoms with Crippen LogP contribution < -0.4 is 0 Å². The summed E-state index contributed by atoms with van der Waals surface area (Å²) >= 11 is 0. The van der Waals surface area contributed by atoms with Crippen LogP contribution in [0.5, 0.6) is 0 Å². The van der Waals surface area contributed by atoms with Crippen molar-refractivity contribution in [2.75, 3.05) is 0 Å². The summed E-state index contributed by atoms with van der Waals surface area (Å²) in [6, 6.07) is 7.72. The summed E-state index contributed by atoms with van der Waals surface area (Å²) in [6.07, 6.45) is 8.90. The zero-order valence-electron chi connectivity index (χ0n) is 10.2. The number of carbonyl (C=O) groups is 1. The summed E-state index contributed by atoms with van der Waals surface area (Å²) in [4.78, 5) is 12.3. The van der Waals surface area contributed by atoms with E-state index in [-0.39, 0.29) is 5.78 Å². The van der Waals surface area contributed by atoms with Gasteiger partial charge in [0, 0.05) is 11.1 Å². The van der Waals surface area contributed by atoms with Gasteiger partial charge in [0.05, 0.1) is 0 Å². The van der Waals surface area contributed by atoms with Crippen LogP contribution >= 0.6 is 0 Å². The third kappa shape index (κ3) is 2.82. The molecular weight excluding hydrogens is 208 g/mol. The molecule has 0 heterocycles. The maximum Gasteiger partial charge on any atom is 0.193 e. The van der Waals surface area contributed by atoms with Crippen molar-refractivity contribution >= 4 is 5.78 Å². The van der Waals surface area contributed by atoms with Crippen molar-refractivity contribution in [3.63, 3.8) is 0 Å². The Bertz CT molecular complexity index is 530. The molecule has 0 aliphatic heterocycles. The van der Waals surface area contributed by atoms with Crippen LogP contribution in [0.15, 0.2) is 59.7 Å². The zero-order valence-corrected chi connectivity index (χ0v) is 10.2. The van der Waals surface area contributed by atoms with Gasteiger partial charge in [-0.15, -0.1) is 0 Å². The third-order valence-corrected chi connectivity index (χ3v) is 2.80. The van der Waals surface area contributed by atoms with Crippen molar-refractivity contribution in [1.82, 2.24) is 0 Å². The minimum atomic E-state index is 0.0969. The van der Waals surface area contributed by atoms with Crippen LogP contribution in [-0.2, 0) is 0 Å². The number of rotatable bonds is 2. The molecule has 1 aromatic carbocycles. The van der Waals surface area contributed by atoms with Gasteiger partial charge in [-0.3, -0.25) is 4.79 Å². The molecular formula is C16H16O. The topological polar surface area (TPSA) is 17.1 Å². The van der Waals surface area contributed by atoms with Gasteiger partial charge < -0.3 is 0 Å². The van der Waals surface area contributed by atoms with Crippen molar-refractivity contribution in [3.8, 4) is 0 Å². The van der Waals surface area contributed by atoms with E-state index in [9.17, 15) is 4.79 Å². The molecule has 1 heteroatoms. The Balaban J connectivity index is 2.35. The van der Waals surface area contributed by atoms with Gasteiger partial charge in [-0.2, -0.15) is 0 Å². The molecule has 0 unspecified atom stereocenters. The average Bonchev–Trinajstić information content (AvgIpc) is 2.53. The van der Waals surface area contributed by atoms with Gasteiger partial charge in [-0.1, -0.05) is 47.6 Å². The smallest absolute Gasteiger partial charge is 0.193 e. The Morgan fingerprint density at radius 2 is 2.06 bits per heavy atom. The van der Waals surface area contributed by atoms with E-state index < -0.39 is 0 Å². The summed E-state index contributed by atoms with van der Waals surface area (Å²) < 4.78 is 0. The number of aryl methyl sites for hydroxylation is 1. The fourth-order valence-electron chi connectivity index (χ4n) is 1.90. The van der Waals surface area contributed by atoms with Gasteiger partial charge in [0.2, 0.25) is 0 Å². The van der Waals surface area contributed by atoms with Crippen LogP contribution in [0, 0.1) is 6.92 Å². The molecule has 0 fully saturated rings. The molecule has 0 N–H and O–H groups in total. The highest BCUT2D eigenvalue weighted by atomic mass is 16.1. The van der Waals surface area contributed by atoms with Crippen LogP contribution in [0.3, 0.4) is 0 Å². The second-order valence-electron chi connectivity index (χ2n) is 4.38. The number of hydrogen-bond donors (Lipinski definition) is 0. The van der Waals surface area contributed by atoms with E-state index in [1.807, 2.05) is 56.3 Å². The summed E-state index contributed by atoms with van der Waals surface area (Å²) in [5.41, 5.74) is 3.78. The molecule has 86 valence electrons. The molecule has 0 bridgehead atoms. The number of Topliss-reactive ketones (excluding diaryl/α,β-unsaturated/α-hetero) is 1. The Labute approximate surface area is 102 Å². The van der Waals surface area contributed by atoms with Gasteiger partial charge in [0.25, 0.3) is 0 Å². The van der Waals surface area contributed by atoms with E-state index >= 15 is 0 Å². The van der Waals surface area contributed by atoms with Crippen LogP contribution in [0.25, 0.3) is 0 Å². The average molecular weight is 224 g/mol. The van der Waals surface area contributed by atoms with Crippen molar-refractivity contribution < 1.29 is 4.79 Å². The monoisotopic (exact) mass is 224 g/mol. The van der Waals surface area contributed by atoms with Crippen molar-refractivity contribution in [3.05, 3.63) is 70.8 Å². The molecule has 0 saturated heterocycles. The molecule has 1 aliphatic carbocycles. The zero-order chi connectivity index (χ0) is 12.3. The first kappa shape index (κ1) is 11.6. The first-order chi connectivity index (χ1) is 8.16. The van der Waals surface area contributed by atoms with Crippen molar-refractivity contribution in [2.24, 2.45) is 0 Å². The van der Waals surface area contributed by atoms with Crippen LogP contribution in [-0.4, -0.2) is 5.78 Å². The van der Waals surface area contributed by atoms with Gasteiger partial charge in [0.1, 0.15) is 0 Å². The molecule has 0 atom stereocenters. The van der Waals surface area contributed by atoms with E-state index in [2.05, 4.69) is 6.08 Å². The lowest BCUT2D eigenvalue weighted by molar-refractivity contribution is 0.103.